The highest BCUT2D eigenvalue weighted by Crippen LogP contribution is 2.33. The van der Waals surface area contributed by atoms with Crippen LogP contribution in [0.15, 0.2) is 82.6 Å². The summed E-state index contributed by atoms with van der Waals surface area (Å²) in [4.78, 5) is -0.00592. The zero-order valence-corrected chi connectivity index (χ0v) is 22.5. The first-order chi connectivity index (χ1) is 17.1. The molecule has 36 heavy (non-hydrogen) atoms. The fourth-order valence-electron chi connectivity index (χ4n) is 3.64. The maximum Gasteiger partial charge on any atom is 0.243 e. The molecule has 1 unspecified atom stereocenters. The molecule has 0 aliphatic rings. The number of ether oxygens (including phenoxy) is 2. The number of rotatable bonds is 12. The summed E-state index contributed by atoms with van der Waals surface area (Å²) in [7, 11) is -4.74. The summed E-state index contributed by atoms with van der Waals surface area (Å²) in [5.41, 5.74) is 1.44. The van der Waals surface area contributed by atoms with Gasteiger partial charge < -0.3 is 9.47 Å². The van der Waals surface area contributed by atoms with Crippen LogP contribution >= 0.6 is 0 Å². The summed E-state index contributed by atoms with van der Waals surface area (Å²) in [6, 6.07) is 19.6. The van der Waals surface area contributed by atoms with Crippen LogP contribution in [0.1, 0.15) is 31.4 Å². The van der Waals surface area contributed by atoms with Gasteiger partial charge in [0.2, 0.25) is 20.0 Å². The summed E-state index contributed by atoms with van der Waals surface area (Å²) in [6.07, 6.45) is 0.633. The number of hydrogen-bond acceptors (Lipinski definition) is 6. The van der Waals surface area contributed by atoms with Crippen molar-refractivity contribution in [3.05, 3.63) is 83.9 Å². The first kappa shape index (κ1) is 27.7. The van der Waals surface area contributed by atoms with Crippen LogP contribution in [0.2, 0.25) is 0 Å². The molecule has 3 aromatic rings. The lowest BCUT2D eigenvalue weighted by Gasteiger charge is -2.24. The van der Waals surface area contributed by atoms with E-state index in [1.807, 2.05) is 37.3 Å². The minimum absolute atomic E-state index is 0.00539. The van der Waals surface area contributed by atoms with Gasteiger partial charge in [0.25, 0.3) is 0 Å². The van der Waals surface area contributed by atoms with Crippen LogP contribution in [-0.4, -0.2) is 41.4 Å². The van der Waals surface area contributed by atoms with E-state index in [1.54, 1.807) is 25.1 Å². The molecule has 1 atom stereocenters. The highest BCUT2D eigenvalue weighted by Gasteiger charge is 2.27. The molecule has 0 spiro atoms. The van der Waals surface area contributed by atoms with Crippen molar-refractivity contribution in [3.8, 4) is 11.5 Å². The van der Waals surface area contributed by atoms with E-state index in [0.717, 1.165) is 5.56 Å². The van der Waals surface area contributed by atoms with Crippen molar-refractivity contribution in [2.45, 2.75) is 49.2 Å². The molecule has 0 heterocycles. The first-order valence-corrected chi connectivity index (χ1v) is 14.4. The molecular formula is C26H32N2O6S2. The van der Waals surface area contributed by atoms with Crippen molar-refractivity contribution in [1.82, 2.24) is 9.03 Å². The summed E-state index contributed by atoms with van der Waals surface area (Å²) in [5, 5.41) is 0. The van der Waals surface area contributed by atoms with Gasteiger partial charge in [-0.05, 0) is 49.2 Å². The van der Waals surface area contributed by atoms with Gasteiger partial charge >= 0.3 is 0 Å². The third-order valence-corrected chi connectivity index (χ3v) is 9.18. The minimum Gasteiger partial charge on any atom is -0.493 e. The van der Waals surface area contributed by atoms with Gasteiger partial charge in [0.15, 0.2) is 11.5 Å². The summed E-state index contributed by atoms with van der Waals surface area (Å²) in [5.74, 6) is 0.946. The maximum absolute atomic E-state index is 13.8. The topological polar surface area (TPSA) is 102 Å². The number of methoxy groups -OCH3 is 2. The third-order valence-electron chi connectivity index (χ3n) is 5.77. The van der Waals surface area contributed by atoms with Crippen LogP contribution in [0.5, 0.6) is 11.5 Å². The third kappa shape index (κ3) is 6.44. The second-order valence-electron chi connectivity index (χ2n) is 8.31. The number of para-hydroxylation sites is 1. The molecule has 8 nitrogen and oxygen atoms in total. The van der Waals surface area contributed by atoms with Crippen LogP contribution in [-0.2, 0) is 33.1 Å². The molecule has 194 valence electrons. The summed E-state index contributed by atoms with van der Waals surface area (Å²) in [6.45, 7) is 3.78. The van der Waals surface area contributed by atoms with Gasteiger partial charge in [-0.3, -0.25) is 0 Å². The fraction of sp³-hybridized carbons (Fsp3) is 0.308. The van der Waals surface area contributed by atoms with Crippen molar-refractivity contribution < 1.29 is 26.3 Å². The zero-order valence-electron chi connectivity index (χ0n) is 20.8. The molecule has 0 bridgehead atoms. The number of nitrogens with one attached hydrogen (secondary N) is 1. The van der Waals surface area contributed by atoms with E-state index in [4.69, 9.17) is 9.47 Å². The van der Waals surface area contributed by atoms with Crippen molar-refractivity contribution in [1.29, 1.82) is 0 Å². The van der Waals surface area contributed by atoms with Crippen LogP contribution < -0.4 is 14.2 Å². The maximum atomic E-state index is 13.8. The predicted octanol–water partition coefficient (Wildman–Crippen LogP) is 4.17. The quantitative estimate of drug-likeness (QED) is 0.376. The fourth-order valence-corrected chi connectivity index (χ4v) is 6.37. The minimum atomic E-state index is -4.01. The van der Waals surface area contributed by atoms with Crippen LogP contribution in [0.3, 0.4) is 0 Å². The Bertz CT molecular complexity index is 1360. The molecule has 0 saturated heterocycles. The lowest BCUT2D eigenvalue weighted by Crippen LogP contribution is -2.32. The Kier molecular flexibility index (Phi) is 9.13. The monoisotopic (exact) mass is 532 g/mol. The number of nitrogens with zero attached hydrogens (tertiary/aromatic N) is 1. The second kappa shape index (κ2) is 11.9. The van der Waals surface area contributed by atoms with Gasteiger partial charge in [0, 0.05) is 24.7 Å². The number of sulfonamides is 2. The van der Waals surface area contributed by atoms with Gasteiger partial charge in [-0.15, -0.1) is 0 Å². The first-order valence-electron chi connectivity index (χ1n) is 11.5. The van der Waals surface area contributed by atoms with Crippen LogP contribution in [0, 0.1) is 0 Å². The average Bonchev–Trinajstić information content (AvgIpc) is 2.88. The Morgan fingerprint density at radius 3 is 2.03 bits per heavy atom. The molecule has 10 heteroatoms. The van der Waals surface area contributed by atoms with E-state index in [1.165, 1.54) is 42.8 Å². The van der Waals surface area contributed by atoms with Crippen LogP contribution in [0.4, 0.5) is 0 Å². The lowest BCUT2D eigenvalue weighted by molar-refractivity contribution is 0.341. The van der Waals surface area contributed by atoms with E-state index < -0.39 is 20.0 Å². The Balaban J connectivity index is 1.99. The molecule has 0 fully saturated rings. The lowest BCUT2D eigenvalue weighted by atomic mass is 10.1. The Labute approximate surface area is 214 Å². The molecule has 0 amide bonds. The van der Waals surface area contributed by atoms with Gasteiger partial charge in [0.05, 0.1) is 24.0 Å². The number of hydrogen-bond donors (Lipinski definition) is 1. The molecular weight excluding hydrogens is 500 g/mol. The SMILES string of the molecule is CCC(C)NS(=O)(=O)c1ccc(S(=O)(=O)N(Cc2ccccc2)Cc2cccc(OC)c2OC)cc1. The largest absolute Gasteiger partial charge is 0.493 e. The highest BCUT2D eigenvalue weighted by molar-refractivity contribution is 7.89. The number of benzene rings is 3. The smallest absolute Gasteiger partial charge is 0.243 e. The predicted molar refractivity (Wildman–Crippen MR) is 139 cm³/mol. The van der Waals surface area contributed by atoms with E-state index in [0.29, 0.717) is 23.5 Å². The highest BCUT2D eigenvalue weighted by atomic mass is 32.2. The van der Waals surface area contributed by atoms with Crippen molar-refractivity contribution in [3.63, 3.8) is 0 Å². The second-order valence-corrected chi connectivity index (χ2v) is 12.0. The summed E-state index contributed by atoms with van der Waals surface area (Å²) < 4.78 is 67.6. The van der Waals surface area contributed by atoms with Gasteiger partial charge in [-0.1, -0.05) is 49.4 Å². The van der Waals surface area contributed by atoms with E-state index in [2.05, 4.69) is 4.72 Å². The van der Waals surface area contributed by atoms with E-state index in [-0.39, 0.29) is 28.9 Å². The van der Waals surface area contributed by atoms with Crippen LogP contribution in [0.25, 0.3) is 0 Å². The standard InChI is InChI=1S/C26H32N2O6S2/c1-5-20(2)27-35(29,30)23-14-16-24(17-15-23)36(31,32)28(18-21-10-7-6-8-11-21)19-22-12-9-13-25(33-3)26(22)34-4/h6-17,20,27H,5,18-19H2,1-4H3. The molecule has 0 radical (unpaired) electrons. The summed E-state index contributed by atoms with van der Waals surface area (Å²) >= 11 is 0. The molecule has 0 aliphatic carbocycles. The Hall–Kier alpha value is -2.92. The van der Waals surface area contributed by atoms with E-state index in [9.17, 15) is 16.8 Å². The molecule has 0 aliphatic heterocycles. The average molecular weight is 533 g/mol. The Morgan fingerprint density at radius 1 is 0.806 bits per heavy atom. The van der Waals surface area contributed by atoms with Gasteiger partial charge in [-0.25, -0.2) is 21.6 Å². The normalized spacial score (nSPS) is 12.9. The molecule has 3 aromatic carbocycles. The zero-order chi connectivity index (χ0) is 26.3. The molecule has 3 rings (SSSR count). The molecule has 0 saturated carbocycles. The van der Waals surface area contributed by atoms with Gasteiger partial charge in [0.1, 0.15) is 0 Å². The van der Waals surface area contributed by atoms with Crippen molar-refractivity contribution >= 4 is 20.0 Å². The van der Waals surface area contributed by atoms with Crippen molar-refractivity contribution in [2.75, 3.05) is 14.2 Å². The van der Waals surface area contributed by atoms with Gasteiger partial charge in [-0.2, -0.15) is 4.31 Å². The molecule has 1 N–H and O–H groups in total. The molecule has 0 aromatic heterocycles. The van der Waals surface area contributed by atoms with E-state index >= 15 is 0 Å². The Morgan fingerprint density at radius 2 is 1.44 bits per heavy atom. The van der Waals surface area contributed by atoms with Crippen molar-refractivity contribution in [2.24, 2.45) is 0 Å².